The topological polar surface area (TPSA) is 56.7 Å². The molecule has 1 aromatic rings. The van der Waals surface area contributed by atoms with Crippen molar-refractivity contribution in [3.63, 3.8) is 0 Å². The van der Waals surface area contributed by atoms with Crippen molar-refractivity contribution < 1.29 is 4.79 Å². The number of thioether (sulfide) groups is 1. The van der Waals surface area contributed by atoms with Crippen LogP contribution in [0.1, 0.15) is 26.3 Å². The lowest BCUT2D eigenvalue weighted by Crippen LogP contribution is -2.49. The van der Waals surface area contributed by atoms with Crippen molar-refractivity contribution in [2.75, 3.05) is 37.8 Å². The van der Waals surface area contributed by atoms with Crippen LogP contribution in [0.3, 0.4) is 0 Å². The summed E-state index contributed by atoms with van der Waals surface area (Å²) in [6, 6.07) is 8.01. The summed E-state index contributed by atoms with van der Waals surface area (Å²) in [7, 11) is 1.86. The zero-order valence-electron chi connectivity index (χ0n) is 15.7. The van der Waals surface area contributed by atoms with Gasteiger partial charge >= 0.3 is 0 Å². The summed E-state index contributed by atoms with van der Waals surface area (Å²) in [5.41, 5.74) is 2.08. The maximum Gasteiger partial charge on any atom is 0.221 e. The molecule has 0 bridgehead atoms. The first kappa shape index (κ1) is 19.6. The fourth-order valence-corrected chi connectivity index (χ4v) is 4.18. The van der Waals surface area contributed by atoms with Crippen LogP contribution in [0.2, 0.25) is 0 Å². The van der Waals surface area contributed by atoms with Crippen molar-refractivity contribution in [2.24, 2.45) is 10.9 Å². The molecule has 2 N–H and O–H groups in total. The molecule has 25 heavy (non-hydrogen) atoms. The second-order valence-corrected chi connectivity index (χ2v) is 8.05. The van der Waals surface area contributed by atoms with Crippen LogP contribution >= 0.6 is 11.8 Å². The van der Waals surface area contributed by atoms with Gasteiger partial charge in [0.2, 0.25) is 5.91 Å². The normalized spacial score (nSPS) is 18.4. The predicted octanol–water partition coefficient (Wildman–Crippen LogP) is 2.84. The second kappa shape index (κ2) is 9.70. The highest BCUT2D eigenvalue weighted by Crippen LogP contribution is 2.24. The predicted molar refractivity (Wildman–Crippen MR) is 108 cm³/mol. The van der Waals surface area contributed by atoms with Gasteiger partial charge in [-0.1, -0.05) is 26.0 Å². The number of rotatable bonds is 5. The third kappa shape index (κ3) is 6.27. The molecule has 5 nitrogen and oxygen atoms in total. The summed E-state index contributed by atoms with van der Waals surface area (Å²) in [4.78, 5) is 17.9. The molecule has 1 aliphatic rings. The van der Waals surface area contributed by atoms with E-state index >= 15 is 0 Å². The summed E-state index contributed by atoms with van der Waals surface area (Å²) in [5, 5.41) is 6.95. The molecule has 0 spiro atoms. The smallest absolute Gasteiger partial charge is 0.221 e. The van der Waals surface area contributed by atoms with Crippen LogP contribution in [0.4, 0.5) is 5.69 Å². The number of benzene rings is 1. The largest absolute Gasteiger partial charge is 0.356 e. The average Bonchev–Trinajstić information content (AvgIpc) is 2.60. The molecule has 0 saturated carbocycles. The average molecular weight is 363 g/mol. The Morgan fingerprint density at radius 3 is 2.68 bits per heavy atom. The maximum absolute atomic E-state index is 11.1. The van der Waals surface area contributed by atoms with Gasteiger partial charge in [0, 0.05) is 50.3 Å². The first-order valence-electron chi connectivity index (χ1n) is 8.93. The Morgan fingerprint density at radius 2 is 2.08 bits per heavy atom. The van der Waals surface area contributed by atoms with Crippen LogP contribution < -0.4 is 10.6 Å². The summed E-state index contributed by atoms with van der Waals surface area (Å²) in [5.74, 6) is 2.81. The SMILES string of the molecule is CN=C(NCCc1ccc(NC(C)=O)cc1)N1CCSC(C(C)C)C1. The van der Waals surface area contributed by atoms with Gasteiger partial charge in [-0.15, -0.1) is 0 Å². The Hall–Kier alpha value is -1.69. The molecular formula is C19H30N4OS. The summed E-state index contributed by atoms with van der Waals surface area (Å²) in [6.07, 6.45) is 0.926. The van der Waals surface area contributed by atoms with Crippen LogP contribution in [-0.2, 0) is 11.2 Å². The van der Waals surface area contributed by atoms with E-state index in [4.69, 9.17) is 0 Å². The number of hydrogen-bond acceptors (Lipinski definition) is 3. The van der Waals surface area contributed by atoms with E-state index in [0.717, 1.165) is 43.5 Å². The minimum atomic E-state index is -0.0439. The van der Waals surface area contributed by atoms with Crippen molar-refractivity contribution in [3.8, 4) is 0 Å². The fourth-order valence-electron chi connectivity index (χ4n) is 2.88. The first-order valence-corrected chi connectivity index (χ1v) is 9.98. The molecule has 0 aromatic heterocycles. The van der Waals surface area contributed by atoms with E-state index in [0.29, 0.717) is 11.2 Å². The molecule has 1 amide bonds. The van der Waals surface area contributed by atoms with Crippen molar-refractivity contribution in [1.29, 1.82) is 0 Å². The van der Waals surface area contributed by atoms with Gasteiger partial charge in [0.25, 0.3) is 0 Å². The number of carbonyl (C=O) groups excluding carboxylic acids is 1. The maximum atomic E-state index is 11.1. The highest BCUT2D eigenvalue weighted by atomic mass is 32.2. The number of aliphatic imine (C=N–C) groups is 1. The zero-order valence-corrected chi connectivity index (χ0v) is 16.5. The lowest BCUT2D eigenvalue weighted by Gasteiger charge is -2.36. The number of nitrogens with zero attached hydrogens (tertiary/aromatic N) is 2. The van der Waals surface area contributed by atoms with Gasteiger partial charge < -0.3 is 15.5 Å². The summed E-state index contributed by atoms with van der Waals surface area (Å²) in [6.45, 7) is 9.07. The minimum Gasteiger partial charge on any atom is -0.356 e. The number of carbonyl (C=O) groups is 1. The molecule has 1 heterocycles. The van der Waals surface area contributed by atoms with Gasteiger partial charge in [-0.25, -0.2) is 0 Å². The minimum absolute atomic E-state index is 0.0439. The molecule has 6 heteroatoms. The number of nitrogens with one attached hydrogen (secondary N) is 2. The van der Waals surface area contributed by atoms with E-state index in [1.807, 2.05) is 19.2 Å². The lowest BCUT2D eigenvalue weighted by atomic mass is 10.1. The van der Waals surface area contributed by atoms with E-state index in [2.05, 4.69) is 58.3 Å². The molecule has 138 valence electrons. The van der Waals surface area contributed by atoms with Gasteiger partial charge in [0.15, 0.2) is 5.96 Å². The van der Waals surface area contributed by atoms with Crippen LogP contribution in [0.15, 0.2) is 29.3 Å². The van der Waals surface area contributed by atoms with Crippen LogP contribution in [0.5, 0.6) is 0 Å². The number of hydrogen-bond donors (Lipinski definition) is 2. The summed E-state index contributed by atoms with van der Waals surface area (Å²) >= 11 is 2.07. The molecule has 2 rings (SSSR count). The number of amides is 1. The molecule has 1 atom stereocenters. The zero-order chi connectivity index (χ0) is 18.2. The monoisotopic (exact) mass is 362 g/mol. The highest BCUT2D eigenvalue weighted by molar-refractivity contribution is 8.00. The lowest BCUT2D eigenvalue weighted by molar-refractivity contribution is -0.114. The van der Waals surface area contributed by atoms with Crippen molar-refractivity contribution >= 4 is 29.3 Å². The third-order valence-electron chi connectivity index (χ3n) is 4.32. The van der Waals surface area contributed by atoms with Gasteiger partial charge in [-0.2, -0.15) is 11.8 Å². The molecule has 0 radical (unpaired) electrons. The standard InChI is InChI=1S/C19H30N4OS/c1-14(2)18-13-23(11-12-25-18)19(20-4)21-10-9-16-5-7-17(8-6-16)22-15(3)24/h5-8,14,18H,9-13H2,1-4H3,(H,20,21)(H,22,24). The van der Waals surface area contributed by atoms with E-state index in [9.17, 15) is 4.79 Å². The summed E-state index contributed by atoms with van der Waals surface area (Å²) < 4.78 is 0. The van der Waals surface area contributed by atoms with Gasteiger partial charge in [0.1, 0.15) is 0 Å². The Morgan fingerprint density at radius 1 is 1.36 bits per heavy atom. The Kier molecular flexibility index (Phi) is 7.62. The molecule has 1 saturated heterocycles. The molecule has 1 fully saturated rings. The number of anilines is 1. The van der Waals surface area contributed by atoms with Gasteiger partial charge in [-0.05, 0) is 30.0 Å². The van der Waals surface area contributed by atoms with Crippen LogP contribution in [-0.4, -0.2) is 54.5 Å². The fraction of sp³-hybridized carbons (Fsp3) is 0.579. The molecule has 1 unspecified atom stereocenters. The quantitative estimate of drug-likeness (QED) is 0.625. The van der Waals surface area contributed by atoms with E-state index in [1.54, 1.807) is 0 Å². The van der Waals surface area contributed by atoms with Crippen molar-refractivity contribution in [2.45, 2.75) is 32.4 Å². The Balaban J connectivity index is 1.82. The van der Waals surface area contributed by atoms with Gasteiger partial charge in [0.05, 0.1) is 0 Å². The molecule has 0 aliphatic carbocycles. The van der Waals surface area contributed by atoms with E-state index in [-0.39, 0.29) is 5.91 Å². The van der Waals surface area contributed by atoms with E-state index in [1.165, 1.54) is 12.5 Å². The molecular weight excluding hydrogens is 332 g/mol. The van der Waals surface area contributed by atoms with Crippen LogP contribution in [0.25, 0.3) is 0 Å². The van der Waals surface area contributed by atoms with Crippen molar-refractivity contribution in [1.82, 2.24) is 10.2 Å². The molecule has 1 aliphatic heterocycles. The number of guanidine groups is 1. The highest BCUT2D eigenvalue weighted by Gasteiger charge is 2.24. The third-order valence-corrected chi connectivity index (χ3v) is 5.86. The van der Waals surface area contributed by atoms with E-state index < -0.39 is 0 Å². The second-order valence-electron chi connectivity index (χ2n) is 6.70. The Labute approximate surface area is 155 Å². The van der Waals surface area contributed by atoms with Gasteiger partial charge in [-0.3, -0.25) is 9.79 Å². The Bertz CT molecular complexity index is 586. The van der Waals surface area contributed by atoms with Crippen LogP contribution in [0, 0.1) is 5.92 Å². The molecule has 1 aromatic carbocycles. The van der Waals surface area contributed by atoms with Crippen molar-refractivity contribution in [3.05, 3.63) is 29.8 Å². The first-order chi connectivity index (χ1) is 12.0.